The fourth-order valence-electron chi connectivity index (χ4n) is 2.88. The van der Waals surface area contributed by atoms with Crippen LogP contribution in [0.2, 0.25) is 0 Å². The predicted octanol–water partition coefficient (Wildman–Crippen LogP) is 3.06. The molecule has 1 aliphatic rings. The summed E-state index contributed by atoms with van der Waals surface area (Å²) in [7, 11) is 0. The Morgan fingerprint density at radius 1 is 1.30 bits per heavy atom. The van der Waals surface area contributed by atoms with Crippen molar-refractivity contribution >= 4 is 5.95 Å². The first-order valence-electron chi connectivity index (χ1n) is 7.59. The maximum atomic E-state index is 12.9. The second-order valence-electron chi connectivity index (χ2n) is 5.82. The quantitative estimate of drug-likeness (QED) is 0.870. The number of halogens is 3. The van der Waals surface area contributed by atoms with Crippen molar-refractivity contribution in [2.75, 3.05) is 11.4 Å². The van der Waals surface area contributed by atoms with Gasteiger partial charge in [-0.3, -0.25) is 4.68 Å². The van der Waals surface area contributed by atoms with Crippen molar-refractivity contribution < 1.29 is 13.2 Å². The summed E-state index contributed by atoms with van der Waals surface area (Å²) < 4.78 is 40.4. The molecule has 2 aromatic heterocycles. The van der Waals surface area contributed by atoms with Crippen LogP contribution in [0.4, 0.5) is 19.1 Å². The molecular weight excluding hydrogens is 307 g/mol. The molecule has 0 unspecified atom stereocenters. The third kappa shape index (κ3) is 3.62. The number of anilines is 1. The predicted molar refractivity (Wildman–Crippen MR) is 79.0 cm³/mol. The maximum absolute atomic E-state index is 12.9. The van der Waals surface area contributed by atoms with Crippen molar-refractivity contribution in [1.29, 1.82) is 0 Å². The van der Waals surface area contributed by atoms with Gasteiger partial charge in [0.05, 0.1) is 18.8 Å². The molecule has 124 valence electrons. The van der Waals surface area contributed by atoms with Crippen molar-refractivity contribution in [1.82, 2.24) is 19.7 Å². The van der Waals surface area contributed by atoms with Gasteiger partial charge < -0.3 is 4.90 Å². The number of alkyl halides is 3. The van der Waals surface area contributed by atoms with Gasteiger partial charge in [-0.25, -0.2) is 9.97 Å². The van der Waals surface area contributed by atoms with Gasteiger partial charge in [0.25, 0.3) is 0 Å². The molecule has 0 aromatic carbocycles. The Balaban J connectivity index is 1.83. The molecule has 0 spiro atoms. The molecule has 0 amide bonds. The average Bonchev–Trinajstić information content (AvgIpc) is 2.92. The molecule has 0 bridgehead atoms. The number of aryl methyl sites for hydroxylation is 1. The van der Waals surface area contributed by atoms with E-state index in [1.54, 1.807) is 6.20 Å². The number of hydrogen-bond acceptors (Lipinski definition) is 4. The average molecular weight is 325 g/mol. The van der Waals surface area contributed by atoms with Crippen molar-refractivity contribution in [3.8, 4) is 0 Å². The van der Waals surface area contributed by atoms with E-state index < -0.39 is 11.9 Å². The topological polar surface area (TPSA) is 46.8 Å². The summed E-state index contributed by atoms with van der Waals surface area (Å²) in [6, 6.07) is 0.950. The summed E-state index contributed by atoms with van der Waals surface area (Å²) in [4.78, 5) is 9.65. The first kappa shape index (κ1) is 15.8. The second-order valence-corrected chi connectivity index (χ2v) is 5.82. The van der Waals surface area contributed by atoms with Crippen LogP contribution in [0.25, 0.3) is 0 Å². The smallest absolute Gasteiger partial charge is 0.336 e. The lowest BCUT2D eigenvalue weighted by atomic mass is 10.0. The van der Waals surface area contributed by atoms with E-state index in [0.717, 1.165) is 30.9 Å². The van der Waals surface area contributed by atoms with E-state index in [4.69, 9.17) is 0 Å². The van der Waals surface area contributed by atoms with Crippen LogP contribution >= 0.6 is 0 Å². The van der Waals surface area contributed by atoms with Crippen LogP contribution in [0, 0.1) is 6.92 Å². The second kappa shape index (κ2) is 6.17. The van der Waals surface area contributed by atoms with Crippen LogP contribution in [0.15, 0.2) is 24.7 Å². The van der Waals surface area contributed by atoms with E-state index >= 15 is 0 Å². The normalized spacial score (nSPS) is 19.1. The van der Waals surface area contributed by atoms with E-state index in [1.165, 1.54) is 6.20 Å². The lowest BCUT2D eigenvalue weighted by Crippen LogP contribution is -2.43. The van der Waals surface area contributed by atoms with Gasteiger partial charge >= 0.3 is 6.18 Å². The number of rotatable bonds is 3. The van der Waals surface area contributed by atoms with Gasteiger partial charge in [0.1, 0.15) is 5.69 Å². The molecule has 3 heterocycles. The molecule has 2 aromatic rings. The Hall–Kier alpha value is -2.12. The summed E-state index contributed by atoms with van der Waals surface area (Å²) in [6.07, 6.45) is 3.28. The highest BCUT2D eigenvalue weighted by atomic mass is 19.4. The largest absolute Gasteiger partial charge is 0.433 e. The van der Waals surface area contributed by atoms with Crippen molar-refractivity contribution in [3.63, 3.8) is 0 Å². The van der Waals surface area contributed by atoms with E-state index in [2.05, 4.69) is 15.1 Å². The highest BCUT2D eigenvalue weighted by Crippen LogP contribution is 2.29. The number of nitrogens with zero attached hydrogens (tertiary/aromatic N) is 5. The minimum Gasteiger partial charge on any atom is -0.336 e. The van der Waals surface area contributed by atoms with Crippen LogP contribution in [0.3, 0.4) is 0 Å². The van der Waals surface area contributed by atoms with Crippen molar-refractivity contribution in [3.05, 3.63) is 35.9 Å². The first-order chi connectivity index (χ1) is 10.9. The summed E-state index contributed by atoms with van der Waals surface area (Å²) in [5.74, 6) is 0.147. The first-order valence-corrected chi connectivity index (χ1v) is 7.59. The molecule has 1 atom stereocenters. The molecule has 5 nitrogen and oxygen atoms in total. The van der Waals surface area contributed by atoms with E-state index in [9.17, 15) is 13.2 Å². The molecule has 8 heteroatoms. The summed E-state index contributed by atoms with van der Waals surface area (Å²) in [5.41, 5.74) is 0.157. The third-order valence-corrected chi connectivity index (χ3v) is 3.98. The lowest BCUT2D eigenvalue weighted by Gasteiger charge is -2.35. The molecule has 1 saturated heterocycles. The zero-order chi connectivity index (χ0) is 16.4. The monoisotopic (exact) mass is 325 g/mol. The van der Waals surface area contributed by atoms with Crippen LogP contribution in [0.5, 0.6) is 0 Å². The van der Waals surface area contributed by atoms with Gasteiger partial charge in [-0.1, -0.05) is 0 Å². The molecule has 23 heavy (non-hydrogen) atoms. The highest BCUT2D eigenvalue weighted by Gasteiger charge is 2.34. The number of hydrogen-bond donors (Lipinski definition) is 0. The summed E-state index contributed by atoms with van der Waals surface area (Å²) >= 11 is 0. The molecule has 3 rings (SSSR count). The fourth-order valence-corrected chi connectivity index (χ4v) is 2.88. The molecular formula is C15H18F3N5. The minimum absolute atomic E-state index is 0.0477. The Morgan fingerprint density at radius 2 is 2.13 bits per heavy atom. The molecule has 0 N–H and O–H groups in total. The Bertz CT molecular complexity index is 667. The molecule has 0 saturated carbocycles. The zero-order valence-electron chi connectivity index (χ0n) is 12.8. The summed E-state index contributed by atoms with van der Waals surface area (Å²) in [5, 5.41) is 4.26. The standard InChI is InChI=1S/C15H18F3N5/c1-11-8-20-22(9-11)10-12-4-2-3-7-23(12)14-19-6-5-13(21-14)15(16,17)18/h5-6,8-9,12H,2-4,7,10H2,1H3/t12-/m0/s1. The van der Waals surface area contributed by atoms with Gasteiger partial charge in [-0.2, -0.15) is 18.3 Å². The van der Waals surface area contributed by atoms with Crippen molar-refractivity contribution in [2.24, 2.45) is 0 Å². The molecule has 1 aliphatic heterocycles. The van der Waals surface area contributed by atoms with Gasteiger partial charge in [0.15, 0.2) is 0 Å². The Kier molecular flexibility index (Phi) is 4.23. The Labute approximate surface area is 132 Å². The van der Waals surface area contributed by atoms with E-state index in [1.807, 2.05) is 22.7 Å². The third-order valence-electron chi connectivity index (χ3n) is 3.98. The maximum Gasteiger partial charge on any atom is 0.433 e. The minimum atomic E-state index is -4.46. The lowest BCUT2D eigenvalue weighted by molar-refractivity contribution is -0.141. The highest BCUT2D eigenvalue weighted by molar-refractivity contribution is 5.33. The van der Waals surface area contributed by atoms with Crippen molar-refractivity contribution in [2.45, 2.75) is 44.9 Å². The van der Waals surface area contributed by atoms with Gasteiger partial charge in [0.2, 0.25) is 5.95 Å². The van der Waals surface area contributed by atoms with Crippen LogP contribution < -0.4 is 4.90 Å². The fraction of sp³-hybridized carbons (Fsp3) is 0.533. The SMILES string of the molecule is Cc1cnn(C[C@@H]2CCCCN2c2nccc(C(F)(F)F)n2)c1. The van der Waals surface area contributed by atoms with Gasteiger partial charge in [-0.15, -0.1) is 0 Å². The van der Waals surface area contributed by atoms with E-state index in [0.29, 0.717) is 13.1 Å². The Morgan fingerprint density at radius 3 is 2.83 bits per heavy atom. The van der Waals surface area contributed by atoms with E-state index in [-0.39, 0.29) is 12.0 Å². The van der Waals surface area contributed by atoms with Crippen LogP contribution in [-0.4, -0.2) is 32.3 Å². The number of piperidine rings is 1. The van der Waals surface area contributed by atoms with Crippen LogP contribution in [0.1, 0.15) is 30.5 Å². The molecule has 1 fully saturated rings. The zero-order valence-corrected chi connectivity index (χ0v) is 12.8. The van der Waals surface area contributed by atoms with Crippen LogP contribution in [-0.2, 0) is 12.7 Å². The summed E-state index contributed by atoms with van der Waals surface area (Å²) in [6.45, 7) is 3.23. The van der Waals surface area contributed by atoms with Gasteiger partial charge in [-0.05, 0) is 37.8 Å². The van der Waals surface area contributed by atoms with Gasteiger partial charge in [0, 0.05) is 18.9 Å². The molecule has 0 aliphatic carbocycles. The molecule has 0 radical (unpaired) electrons. The number of aromatic nitrogens is 4.